The second-order valence-electron chi connectivity index (χ2n) is 2.73. The van der Waals surface area contributed by atoms with Gasteiger partial charge in [0.25, 0.3) is 0 Å². The first-order valence-corrected chi connectivity index (χ1v) is 4.38. The Balaban J connectivity index is 0.000000561. The van der Waals surface area contributed by atoms with Gasteiger partial charge in [-0.05, 0) is 43.5 Å². The molecule has 0 heterocycles. The molecule has 0 aliphatic carbocycles. The van der Waals surface area contributed by atoms with E-state index in [1.54, 1.807) is 6.07 Å². The molecule has 0 radical (unpaired) electrons. The zero-order chi connectivity index (χ0) is 9.72. The molecular formula is C11H18O. The van der Waals surface area contributed by atoms with E-state index in [0.29, 0.717) is 5.75 Å². The molecule has 1 rings (SSSR count). The number of aromatic hydroxyl groups is 1. The summed E-state index contributed by atoms with van der Waals surface area (Å²) in [6, 6.07) is 3.84. The Bertz CT molecular complexity index is 228. The zero-order valence-electron chi connectivity index (χ0n) is 8.60. The Morgan fingerprint density at radius 3 is 1.92 bits per heavy atom. The van der Waals surface area contributed by atoms with Gasteiger partial charge in [-0.2, -0.15) is 0 Å². The number of phenols is 1. The summed E-state index contributed by atoms with van der Waals surface area (Å²) in [6.07, 6.45) is 0. The molecule has 1 heteroatoms. The highest BCUT2D eigenvalue weighted by molar-refractivity contribution is 5.40. The molecule has 0 saturated carbocycles. The van der Waals surface area contributed by atoms with E-state index < -0.39 is 0 Å². The lowest BCUT2D eigenvalue weighted by molar-refractivity contribution is 0.470. The summed E-state index contributed by atoms with van der Waals surface area (Å²) in [5.74, 6) is 0.400. The molecule has 0 saturated heterocycles. The standard InChI is InChI=1S/C9H12O.C2H6/c1-6-4-7(2)8(3)9(10)5-6;1-2/h4-5,10H,1-3H3;1-2H3. The van der Waals surface area contributed by atoms with E-state index in [0.717, 1.165) is 16.7 Å². The molecule has 0 bridgehead atoms. The van der Waals surface area contributed by atoms with Crippen molar-refractivity contribution in [3.63, 3.8) is 0 Å². The maximum atomic E-state index is 9.28. The summed E-state index contributed by atoms with van der Waals surface area (Å²) in [7, 11) is 0. The van der Waals surface area contributed by atoms with Crippen molar-refractivity contribution in [1.29, 1.82) is 0 Å². The van der Waals surface area contributed by atoms with Crippen molar-refractivity contribution < 1.29 is 5.11 Å². The Morgan fingerprint density at radius 2 is 1.50 bits per heavy atom. The lowest BCUT2D eigenvalue weighted by Gasteiger charge is -2.03. The van der Waals surface area contributed by atoms with Gasteiger partial charge in [0.05, 0.1) is 0 Å². The van der Waals surface area contributed by atoms with Crippen molar-refractivity contribution in [3.8, 4) is 5.75 Å². The molecule has 1 aromatic carbocycles. The highest BCUT2D eigenvalue weighted by atomic mass is 16.3. The SMILES string of the molecule is CC.Cc1cc(C)c(C)c(O)c1. The minimum absolute atomic E-state index is 0.400. The second kappa shape index (κ2) is 4.81. The highest BCUT2D eigenvalue weighted by Crippen LogP contribution is 2.20. The summed E-state index contributed by atoms with van der Waals surface area (Å²) in [4.78, 5) is 0. The smallest absolute Gasteiger partial charge is 0.119 e. The van der Waals surface area contributed by atoms with Gasteiger partial charge in [-0.3, -0.25) is 0 Å². The van der Waals surface area contributed by atoms with Crippen molar-refractivity contribution in [1.82, 2.24) is 0 Å². The van der Waals surface area contributed by atoms with Crippen LogP contribution in [0.1, 0.15) is 30.5 Å². The van der Waals surface area contributed by atoms with Crippen molar-refractivity contribution in [2.24, 2.45) is 0 Å². The van der Waals surface area contributed by atoms with Gasteiger partial charge in [-0.25, -0.2) is 0 Å². The lowest BCUT2D eigenvalue weighted by atomic mass is 10.1. The summed E-state index contributed by atoms with van der Waals surface area (Å²) < 4.78 is 0. The van der Waals surface area contributed by atoms with Gasteiger partial charge in [0.1, 0.15) is 5.75 Å². The Labute approximate surface area is 75.1 Å². The summed E-state index contributed by atoms with van der Waals surface area (Å²) >= 11 is 0. The van der Waals surface area contributed by atoms with Gasteiger partial charge < -0.3 is 5.11 Å². The van der Waals surface area contributed by atoms with Gasteiger partial charge in [0.15, 0.2) is 0 Å². The molecule has 0 aromatic heterocycles. The third-order valence-corrected chi connectivity index (χ3v) is 1.78. The van der Waals surface area contributed by atoms with Crippen molar-refractivity contribution in [2.45, 2.75) is 34.6 Å². The number of aryl methyl sites for hydroxylation is 2. The Hall–Kier alpha value is -0.980. The fourth-order valence-electron chi connectivity index (χ4n) is 1.02. The summed E-state index contributed by atoms with van der Waals surface area (Å²) in [6.45, 7) is 9.90. The number of hydrogen-bond acceptors (Lipinski definition) is 1. The van der Waals surface area contributed by atoms with Crippen LogP contribution in [-0.4, -0.2) is 5.11 Å². The van der Waals surface area contributed by atoms with Gasteiger partial charge in [0, 0.05) is 0 Å². The van der Waals surface area contributed by atoms with Crippen LogP contribution in [0.4, 0.5) is 0 Å². The second-order valence-corrected chi connectivity index (χ2v) is 2.73. The molecule has 0 atom stereocenters. The van der Waals surface area contributed by atoms with E-state index in [4.69, 9.17) is 0 Å². The molecule has 0 fully saturated rings. The highest BCUT2D eigenvalue weighted by Gasteiger charge is 1.98. The van der Waals surface area contributed by atoms with Crippen LogP contribution in [-0.2, 0) is 0 Å². The molecule has 68 valence electrons. The molecule has 1 N–H and O–H groups in total. The summed E-state index contributed by atoms with van der Waals surface area (Å²) in [5, 5.41) is 9.28. The minimum Gasteiger partial charge on any atom is -0.508 e. The lowest BCUT2D eigenvalue weighted by Crippen LogP contribution is -1.82. The maximum Gasteiger partial charge on any atom is 0.119 e. The Morgan fingerprint density at radius 1 is 1.00 bits per heavy atom. The van der Waals surface area contributed by atoms with Crippen LogP contribution in [0.3, 0.4) is 0 Å². The molecule has 0 amide bonds. The van der Waals surface area contributed by atoms with Gasteiger partial charge in [-0.1, -0.05) is 19.9 Å². The largest absolute Gasteiger partial charge is 0.508 e. The Kier molecular flexibility index (Phi) is 4.42. The van der Waals surface area contributed by atoms with Crippen molar-refractivity contribution >= 4 is 0 Å². The molecule has 0 unspecified atom stereocenters. The normalized spacial score (nSPS) is 8.75. The third-order valence-electron chi connectivity index (χ3n) is 1.78. The monoisotopic (exact) mass is 166 g/mol. The number of benzene rings is 1. The topological polar surface area (TPSA) is 20.2 Å². The van der Waals surface area contributed by atoms with Crippen LogP contribution < -0.4 is 0 Å². The fourth-order valence-corrected chi connectivity index (χ4v) is 1.02. The molecule has 0 aliphatic heterocycles. The molecule has 0 spiro atoms. The van der Waals surface area contributed by atoms with Crippen LogP contribution in [0.25, 0.3) is 0 Å². The van der Waals surface area contributed by atoms with Gasteiger partial charge in [-0.15, -0.1) is 0 Å². The van der Waals surface area contributed by atoms with Gasteiger partial charge >= 0.3 is 0 Å². The molecule has 1 aromatic rings. The molecule has 12 heavy (non-hydrogen) atoms. The fraction of sp³-hybridized carbons (Fsp3) is 0.455. The average molecular weight is 166 g/mol. The van der Waals surface area contributed by atoms with Crippen LogP contribution in [0.2, 0.25) is 0 Å². The van der Waals surface area contributed by atoms with E-state index in [1.807, 2.05) is 34.6 Å². The number of hydrogen-bond donors (Lipinski definition) is 1. The van der Waals surface area contributed by atoms with Crippen molar-refractivity contribution in [2.75, 3.05) is 0 Å². The van der Waals surface area contributed by atoms with Gasteiger partial charge in [0.2, 0.25) is 0 Å². The predicted octanol–water partition coefficient (Wildman–Crippen LogP) is 3.34. The molecule has 1 nitrogen and oxygen atoms in total. The van der Waals surface area contributed by atoms with E-state index in [1.165, 1.54) is 0 Å². The number of rotatable bonds is 0. The summed E-state index contributed by atoms with van der Waals surface area (Å²) in [5.41, 5.74) is 3.24. The van der Waals surface area contributed by atoms with E-state index >= 15 is 0 Å². The van der Waals surface area contributed by atoms with Crippen LogP contribution in [0.15, 0.2) is 12.1 Å². The quantitative estimate of drug-likeness (QED) is 0.626. The average Bonchev–Trinajstić information content (AvgIpc) is 2.04. The maximum absolute atomic E-state index is 9.28. The van der Waals surface area contributed by atoms with Crippen molar-refractivity contribution in [3.05, 3.63) is 28.8 Å². The molecular weight excluding hydrogens is 148 g/mol. The van der Waals surface area contributed by atoms with Crippen LogP contribution in [0.5, 0.6) is 5.75 Å². The molecule has 0 aliphatic rings. The van der Waals surface area contributed by atoms with E-state index in [-0.39, 0.29) is 0 Å². The predicted molar refractivity (Wildman–Crippen MR) is 53.7 cm³/mol. The van der Waals surface area contributed by atoms with E-state index in [2.05, 4.69) is 6.07 Å². The van der Waals surface area contributed by atoms with Crippen LogP contribution in [0, 0.1) is 20.8 Å². The first-order valence-electron chi connectivity index (χ1n) is 4.38. The first-order chi connectivity index (χ1) is 5.61. The number of phenolic OH excluding ortho intramolecular Hbond substituents is 1. The third kappa shape index (κ3) is 2.57. The van der Waals surface area contributed by atoms with Crippen LogP contribution >= 0.6 is 0 Å². The first kappa shape index (κ1) is 11.0. The zero-order valence-corrected chi connectivity index (χ0v) is 8.60. The minimum atomic E-state index is 0.400. The van der Waals surface area contributed by atoms with E-state index in [9.17, 15) is 5.11 Å².